The van der Waals surface area contributed by atoms with Crippen molar-refractivity contribution in [3.8, 4) is 11.3 Å². The summed E-state index contributed by atoms with van der Waals surface area (Å²) in [5.41, 5.74) is 1.92. The summed E-state index contributed by atoms with van der Waals surface area (Å²) in [7, 11) is -3.77. The number of alkyl halides is 3. The first-order valence-electron chi connectivity index (χ1n) is 10.3. The maximum absolute atomic E-state index is 12.8. The van der Waals surface area contributed by atoms with Crippen LogP contribution in [0.1, 0.15) is 17.0 Å². The van der Waals surface area contributed by atoms with Crippen LogP contribution >= 0.6 is 0 Å². The fraction of sp³-hybridized carbons (Fsp3) is 0.130. The maximum Gasteiger partial charge on any atom is 0.416 e. The molecule has 2 aromatic heterocycles. The van der Waals surface area contributed by atoms with E-state index in [9.17, 15) is 21.6 Å². The van der Waals surface area contributed by atoms with Crippen molar-refractivity contribution in [3.05, 3.63) is 90.1 Å². The number of rotatable bonds is 7. The van der Waals surface area contributed by atoms with Gasteiger partial charge in [0.05, 0.1) is 40.3 Å². The minimum Gasteiger partial charge on any atom is -0.324 e. The molecule has 0 atom stereocenters. The number of hydrogen-bond donors (Lipinski definition) is 2. The third-order valence-corrected chi connectivity index (χ3v) is 6.28. The number of aryl methyl sites for hydroxylation is 1. The van der Waals surface area contributed by atoms with Crippen molar-refractivity contribution >= 4 is 21.7 Å². The molecule has 0 radical (unpaired) electrons. The zero-order valence-electron chi connectivity index (χ0n) is 18.3. The number of sulfonamides is 1. The van der Waals surface area contributed by atoms with Gasteiger partial charge in [-0.3, -0.25) is 9.97 Å². The molecule has 2 N–H and O–H groups in total. The van der Waals surface area contributed by atoms with E-state index in [4.69, 9.17) is 0 Å². The molecule has 4 aromatic rings. The van der Waals surface area contributed by atoms with Crippen LogP contribution in [0.4, 0.5) is 24.8 Å². The van der Waals surface area contributed by atoms with E-state index in [1.54, 1.807) is 31.3 Å². The number of hydrogen-bond acceptors (Lipinski definition) is 7. The summed E-state index contributed by atoms with van der Waals surface area (Å²) in [5.74, 6) is 0.203. The van der Waals surface area contributed by atoms with Crippen molar-refractivity contribution in [2.24, 2.45) is 0 Å². The molecule has 2 heterocycles. The van der Waals surface area contributed by atoms with E-state index in [0.717, 1.165) is 17.8 Å². The molecule has 0 amide bonds. The van der Waals surface area contributed by atoms with Gasteiger partial charge in [-0.1, -0.05) is 12.1 Å². The largest absolute Gasteiger partial charge is 0.416 e. The van der Waals surface area contributed by atoms with Crippen molar-refractivity contribution in [3.63, 3.8) is 0 Å². The molecule has 0 fully saturated rings. The number of aromatic nitrogens is 4. The highest BCUT2D eigenvalue weighted by Gasteiger charge is 2.30. The number of halogens is 3. The van der Waals surface area contributed by atoms with Crippen molar-refractivity contribution in [1.29, 1.82) is 0 Å². The molecule has 0 saturated heterocycles. The molecule has 0 unspecified atom stereocenters. The lowest BCUT2D eigenvalue weighted by Gasteiger charge is -2.10. The molecule has 0 bridgehead atoms. The molecule has 8 nitrogen and oxygen atoms in total. The molecular formula is C23H19F3N6O2S. The molecule has 2 aromatic carbocycles. The van der Waals surface area contributed by atoms with E-state index in [2.05, 4.69) is 30.0 Å². The van der Waals surface area contributed by atoms with Crippen LogP contribution < -0.4 is 10.0 Å². The van der Waals surface area contributed by atoms with Crippen molar-refractivity contribution in [2.75, 3.05) is 5.32 Å². The minimum atomic E-state index is -4.42. The van der Waals surface area contributed by atoms with Gasteiger partial charge in [-0.2, -0.15) is 13.2 Å². The quantitative estimate of drug-likeness (QED) is 0.385. The monoisotopic (exact) mass is 500 g/mol. The van der Waals surface area contributed by atoms with Gasteiger partial charge >= 0.3 is 6.18 Å². The molecule has 0 aliphatic heterocycles. The molecule has 0 aliphatic carbocycles. The van der Waals surface area contributed by atoms with E-state index in [-0.39, 0.29) is 17.4 Å². The molecule has 180 valence electrons. The van der Waals surface area contributed by atoms with Crippen LogP contribution in [-0.4, -0.2) is 28.4 Å². The summed E-state index contributed by atoms with van der Waals surface area (Å²) in [5, 5.41) is 2.96. The van der Waals surface area contributed by atoms with Gasteiger partial charge in [0.2, 0.25) is 16.0 Å². The summed E-state index contributed by atoms with van der Waals surface area (Å²) in [6.45, 7) is 1.78. The van der Waals surface area contributed by atoms with Gasteiger partial charge < -0.3 is 5.32 Å². The lowest BCUT2D eigenvalue weighted by atomic mass is 10.1. The van der Waals surface area contributed by atoms with Gasteiger partial charge in [-0.15, -0.1) is 0 Å². The highest BCUT2D eigenvalue weighted by Crippen LogP contribution is 2.30. The second-order valence-corrected chi connectivity index (χ2v) is 9.23. The average Bonchev–Trinajstić information content (AvgIpc) is 2.84. The zero-order chi connectivity index (χ0) is 25.1. The smallest absolute Gasteiger partial charge is 0.324 e. The molecule has 35 heavy (non-hydrogen) atoms. The Bertz CT molecular complexity index is 1410. The third kappa shape index (κ3) is 6.16. The van der Waals surface area contributed by atoms with Gasteiger partial charge in [0.15, 0.2) is 0 Å². The van der Waals surface area contributed by atoms with Crippen LogP contribution in [-0.2, 0) is 22.7 Å². The fourth-order valence-corrected chi connectivity index (χ4v) is 4.02. The Kier molecular flexibility index (Phi) is 6.76. The van der Waals surface area contributed by atoms with E-state index in [0.29, 0.717) is 22.6 Å². The maximum atomic E-state index is 12.8. The predicted molar refractivity (Wildman–Crippen MR) is 123 cm³/mol. The van der Waals surface area contributed by atoms with E-state index >= 15 is 0 Å². The second-order valence-electron chi connectivity index (χ2n) is 7.46. The normalized spacial score (nSPS) is 11.9. The average molecular weight is 501 g/mol. The van der Waals surface area contributed by atoms with Crippen molar-refractivity contribution in [2.45, 2.75) is 24.5 Å². The SMILES string of the molecule is Cc1cnc(CNS(=O)(=O)c2ccc(Nc3nccc(-c4ccc(C(F)(F)F)cc4)n3)cc2)cn1. The van der Waals surface area contributed by atoms with Gasteiger partial charge in [-0.25, -0.2) is 23.1 Å². The number of nitrogens with zero attached hydrogens (tertiary/aromatic N) is 4. The highest BCUT2D eigenvalue weighted by molar-refractivity contribution is 7.89. The van der Waals surface area contributed by atoms with Gasteiger partial charge in [0.1, 0.15) is 0 Å². The lowest BCUT2D eigenvalue weighted by Crippen LogP contribution is -2.23. The number of nitrogens with one attached hydrogen (secondary N) is 2. The zero-order valence-corrected chi connectivity index (χ0v) is 19.1. The summed E-state index contributed by atoms with van der Waals surface area (Å²) in [4.78, 5) is 16.7. The fourth-order valence-electron chi connectivity index (χ4n) is 3.02. The Labute approximate surface area is 199 Å². The summed E-state index contributed by atoms with van der Waals surface area (Å²) in [6.07, 6.45) is 0.113. The Balaban J connectivity index is 1.43. The summed E-state index contributed by atoms with van der Waals surface area (Å²) >= 11 is 0. The van der Waals surface area contributed by atoms with E-state index in [1.807, 2.05) is 0 Å². The topological polar surface area (TPSA) is 110 Å². The van der Waals surface area contributed by atoms with Crippen LogP contribution in [0.2, 0.25) is 0 Å². The summed E-state index contributed by atoms with van der Waals surface area (Å²) < 4.78 is 65.9. The van der Waals surface area contributed by atoms with E-state index < -0.39 is 21.8 Å². The van der Waals surface area contributed by atoms with Gasteiger partial charge in [-0.05, 0) is 49.4 Å². The molecular weight excluding hydrogens is 481 g/mol. The first kappa shape index (κ1) is 24.2. The first-order chi connectivity index (χ1) is 16.6. The second kappa shape index (κ2) is 9.76. The molecule has 0 aliphatic rings. The molecule has 0 saturated carbocycles. The Morgan fingerprint density at radius 2 is 1.60 bits per heavy atom. The van der Waals surface area contributed by atoms with Crippen LogP contribution in [0, 0.1) is 6.92 Å². The molecule has 4 rings (SSSR count). The number of anilines is 2. The third-order valence-electron chi connectivity index (χ3n) is 4.86. The van der Waals surface area contributed by atoms with Crippen LogP contribution in [0.5, 0.6) is 0 Å². The van der Waals surface area contributed by atoms with Crippen molar-refractivity contribution in [1.82, 2.24) is 24.7 Å². The van der Waals surface area contributed by atoms with E-state index in [1.165, 1.54) is 36.7 Å². The van der Waals surface area contributed by atoms with Gasteiger partial charge in [0.25, 0.3) is 0 Å². The standard InChI is InChI=1S/C23H19F3N6O2S/c1-15-12-29-19(13-28-15)14-30-35(33,34)20-8-6-18(7-9-20)31-22-27-11-10-21(32-22)16-2-4-17(5-3-16)23(24,25)26/h2-13,30H,14H2,1H3,(H,27,31,32). The minimum absolute atomic E-state index is 0.000195. The van der Waals surface area contributed by atoms with Crippen LogP contribution in [0.25, 0.3) is 11.3 Å². The predicted octanol–water partition coefficient (Wildman–Crippen LogP) is 4.48. The van der Waals surface area contributed by atoms with Crippen molar-refractivity contribution < 1.29 is 21.6 Å². The highest BCUT2D eigenvalue weighted by atomic mass is 32.2. The lowest BCUT2D eigenvalue weighted by molar-refractivity contribution is -0.137. The Hall–Kier alpha value is -3.90. The van der Waals surface area contributed by atoms with Crippen LogP contribution in [0.3, 0.4) is 0 Å². The molecule has 0 spiro atoms. The number of benzene rings is 2. The molecule has 12 heteroatoms. The van der Waals surface area contributed by atoms with Crippen LogP contribution in [0.15, 0.2) is 78.1 Å². The first-order valence-corrected chi connectivity index (χ1v) is 11.7. The Morgan fingerprint density at radius 1 is 0.886 bits per heavy atom. The summed E-state index contributed by atoms with van der Waals surface area (Å²) in [6, 6.07) is 12.2. The Morgan fingerprint density at radius 3 is 2.23 bits per heavy atom. The van der Waals surface area contributed by atoms with Gasteiger partial charge in [0, 0.05) is 23.6 Å².